The largest absolute Gasteiger partial charge is 0.493 e. The topological polar surface area (TPSA) is 67.2 Å². The van der Waals surface area contributed by atoms with Crippen molar-refractivity contribution in [3.8, 4) is 11.8 Å². The van der Waals surface area contributed by atoms with Crippen molar-refractivity contribution < 1.29 is 13.2 Å². The van der Waals surface area contributed by atoms with Gasteiger partial charge in [0, 0.05) is 10.0 Å². The molecule has 0 spiro atoms. The van der Waals surface area contributed by atoms with E-state index in [2.05, 4.69) is 15.9 Å². The minimum atomic E-state index is -3.87. The Morgan fingerprint density at radius 1 is 1.22 bits per heavy atom. The number of hydrogen-bond donors (Lipinski definition) is 0. The first-order valence-corrected chi connectivity index (χ1v) is 9.11. The van der Waals surface area contributed by atoms with Crippen LogP contribution < -0.4 is 4.74 Å². The van der Waals surface area contributed by atoms with Crippen molar-refractivity contribution in [2.24, 2.45) is 0 Å². The summed E-state index contributed by atoms with van der Waals surface area (Å²) in [7, 11) is -3.87. The molecule has 0 aliphatic heterocycles. The van der Waals surface area contributed by atoms with Crippen molar-refractivity contribution in [2.75, 3.05) is 6.61 Å². The van der Waals surface area contributed by atoms with Crippen LogP contribution in [0.4, 0.5) is 0 Å². The zero-order valence-electron chi connectivity index (χ0n) is 12.4. The molecule has 0 aromatic heterocycles. The third-order valence-corrected chi connectivity index (χ3v) is 5.24. The smallest absolute Gasteiger partial charge is 0.216 e. The summed E-state index contributed by atoms with van der Waals surface area (Å²) in [4.78, 5) is -0.255. The summed E-state index contributed by atoms with van der Waals surface area (Å²) < 4.78 is 31.4. The van der Waals surface area contributed by atoms with E-state index < -0.39 is 9.84 Å². The standard InChI is InChI=1S/C17H14BrNO3S/c1-2-22-17-6-4-3-5-13(17)11-16(12-19)23(20,21)15-9-7-14(18)8-10-15/h3-11H,2H2,1H3. The van der Waals surface area contributed by atoms with E-state index in [9.17, 15) is 13.7 Å². The van der Waals surface area contributed by atoms with Gasteiger partial charge in [0.25, 0.3) is 0 Å². The van der Waals surface area contributed by atoms with Gasteiger partial charge in [-0.05, 0) is 43.3 Å². The zero-order chi connectivity index (χ0) is 16.9. The van der Waals surface area contributed by atoms with E-state index in [1.165, 1.54) is 18.2 Å². The highest BCUT2D eigenvalue weighted by molar-refractivity contribution is 9.10. The van der Waals surface area contributed by atoms with Crippen LogP contribution >= 0.6 is 15.9 Å². The first kappa shape index (κ1) is 17.3. The molecule has 0 bridgehead atoms. The van der Waals surface area contributed by atoms with Gasteiger partial charge in [0.2, 0.25) is 9.84 Å². The lowest BCUT2D eigenvalue weighted by Gasteiger charge is -2.08. The van der Waals surface area contributed by atoms with E-state index in [1.807, 2.05) is 6.92 Å². The molecular weight excluding hydrogens is 378 g/mol. The lowest BCUT2D eigenvalue weighted by atomic mass is 10.2. The molecule has 2 rings (SSSR count). The molecule has 0 heterocycles. The van der Waals surface area contributed by atoms with Crippen LogP contribution in [-0.2, 0) is 9.84 Å². The fourth-order valence-electron chi connectivity index (χ4n) is 1.94. The summed E-state index contributed by atoms with van der Waals surface area (Å²) in [6, 6.07) is 14.9. The number of rotatable bonds is 5. The van der Waals surface area contributed by atoms with Crippen LogP contribution in [0, 0.1) is 11.3 Å². The van der Waals surface area contributed by atoms with Gasteiger partial charge in [-0.3, -0.25) is 0 Å². The fraction of sp³-hybridized carbons (Fsp3) is 0.118. The maximum Gasteiger partial charge on any atom is 0.216 e. The lowest BCUT2D eigenvalue weighted by molar-refractivity contribution is 0.339. The molecule has 0 aliphatic carbocycles. The minimum Gasteiger partial charge on any atom is -0.493 e. The third-order valence-electron chi connectivity index (χ3n) is 3.03. The van der Waals surface area contributed by atoms with E-state index in [0.717, 1.165) is 4.47 Å². The highest BCUT2D eigenvalue weighted by atomic mass is 79.9. The number of allylic oxidation sites excluding steroid dienone is 1. The summed E-state index contributed by atoms with van der Waals surface area (Å²) >= 11 is 3.26. The highest BCUT2D eigenvalue weighted by Gasteiger charge is 2.21. The molecule has 23 heavy (non-hydrogen) atoms. The second-order valence-corrected chi connectivity index (χ2v) is 7.38. The molecule has 0 amide bonds. The quantitative estimate of drug-likeness (QED) is 0.716. The number of halogens is 1. The van der Waals surface area contributed by atoms with Crippen LogP contribution in [-0.4, -0.2) is 15.0 Å². The van der Waals surface area contributed by atoms with Gasteiger partial charge in [-0.1, -0.05) is 34.1 Å². The van der Waals surface area contributed by atoms with Gasteiger partial charge in [-0.15, -0.1) is 0 Å². The van der Waals surface area contributed by atoms with Gasteiger partial charge in [0.05, 0.1) is 11.5 Å². The summed E-state index contributed by atoms with van der Waals surface area (Å²) in [5, 5.41) is 9.31. The Labute approximate surface area is 144 Å². The number of nitriles is 1. The lowest BCUT2D eigenvalue weighted by Crippen LogP contribution is -2.04. The molecular formula is C17H14BrNO3S. The van der Waals surface area contributed by atoms with E-state index in [-0.39, 0.29) is 9.80 Å². The molecule has 2 aromatic rings. The SMILES string of the molecule is CCOc1ccccc1C=C(C#N)S(=O)(=O)c1ccc(Br)cc1. The number of benzene rings is 2. The van der Waals surface area contributed by atoms with E-state index in [0.29, 0.717) is 17.9 Å². The van der Waals surface area contributed by atoms with Gasteiger partial charge in [0.1, 0.15) is 16.7 Å². The minimum absolute atomic E-state index is 0.0717. The molecule has 4 nitrogen and oxygen atoms in total. The fourth-order valence-corrected chi connectivity index (χ4v) is 3.35. The summed E-state index contributed by atoms with van der Waals surface area (Å²) in [5.41, 5.74) is 0.548. The van der Waals surface area contributed by atoms with E-state index in [1.54, 1.807) is 42.5 Å². The molecule has 2 aromatic carbocycles. The van der Waals surface area contributed by atoms with Gasteiger partial charge >= 0.3 is 0 Å². The van der Waals surface area contributed by atoms with Gasteiger partial charge in [-0.25, -0.2) is 8.42 Å². The molecule has 0 fully saturated rings. The van der Waals surface area contributed by atoms with Crippen LogP contribution in [0.2, 0.25) is 0 Å². The van der Waals surface area contributed by atoms with Gasteiger partial charge in [0.15, 0.2) is 0 Å². The molecule has 118 valence electrons. The zero-order valence-corrected chi connectivity index (χ0v) is 14.8. The molecule has 6 heteroatoms. The number of sulfone groups is 1. The molecule has 0 unspecified atom stereocenters. The van der Waals surface area contributed by atoms with Crippen molar-refractivity contribution in [3.05, 3.63) is 63.5 Å². The number of nitrogens with zero attached hydrogens (tertiary/aromatic N) is 1. The Hall–Kier alpha value is -2.10. The highest BCUT2D eigenvalue weighted by Crippen LogP contribution is 2.26. The third kappa shape index (κ3) is 4.01. The van der Waals surface area contributed by atoms with Crippen molar-refractivity contribution in [3.63, 3.8) is 0 Å². The molecule has 0 N–H and O–H groups in total. The van der Waals surface area contributed by atoms with Crippen molar-refractivity contribution in [2.45, 2.75) is 11.8 Å². The van der Waals surface area contributed by atoms with E-state index >= 15 is 0 Å². The summed E-state index contributed by atoms with van der Waals surface area (Å²) in [5.74, 6) is 0.536. The van der Waals surface area contributed by atoms with Gasteiger partial charge < -0.3 is 4.74 Å². The first-order valence-electron chi connectivity index (χ1n) is 6.83. The van der Waals surface area contributed by atoms with Crippen LogP contribution in [0.1, 0.15) is 12.5 Å². The molecule has 0 saturated carbocycles. The Balaban J connectivity index is 2.51. The monoisotopic (exact) mass is 391 g/mol. The second kappa shape index (κ2) is 7.44. The molecule has 0 atom stereocenters. The normalized spacial score (nSPS) is 11.8. The second-order valence-electron chi connectivity index (χ2n) is 4.55. The maximum absolute atomic E-state index is 12.6. The van der Waals surface area contributed by atoms with Crippen LogP contribution in [0.3, 0.4) is 0 Å². The summed E-state index contributed by atoms with van der Waals surface area (Å²) in [6.07, 6.45) is 1.34. The molecule has 0 saturated heterocycles. The van der Waals surface area contributed by atoms with Crippen LogP contribution in [0.5, 0.6) is 5.75 Å². The number of hydrogen-bond acceptors (Lipinski definition) is 4. The maximum atomic E-state index is 12.6. The number of para-hydroxylation sites is 1. The van der Waals surface area contributed by atoms with Gasteiger partial charge in [-0.2, -0.15) is 5.26 Å². The summed E-state index contributed by atoms with van der Waals surface area (Å²) in [6.45, 7) is 2.29. The van der Waals surface area contributed by atoms with E-state index in [4.69, 9.17) is 4.74 Å². The average Bonchev–Trinajstić information content (AvgIpc) is 2.54. The van der Waals surface area contributed by atoms with Crippen LogP contribution in [0.15, 0.2) is 62.8 Å². The van der Waals surface area contributed by atoms with Crippen molar-refractivity contribution in [1.29, 1.82) is 5.26 Å². The predicted molar refractivity (Wildman–Crippen MR) is 92.5 cm³/mol. The van der Waals surface area contributed by atoms with Crippen molar-refractivity contribution in [1.82, 2.24) is 0 Å². The Bertz CT molecular complexity index is 865. The van der Waals surface area contributed by atoms with Crippen molar-refractivity contribution >= 4 is 31.8 Å². The predicted octanol–water partition coefficient (Wildman–Crippen LogP) is 4.19. The van der Waals surface area contributed by atoms with Crippen LogP contribution in [0.25, 0.3) is 6.08 Å². The molecule has 0 radical (unpaired) electrons. The molecule has 0 aliphatic rings. The average molecular weight is 392 g/mol. The Kier molecular flexibility index (Phi) is 5.59. The first-order chi connectivity index (χ1) is 11.0. The Morgan fingerprint density at radius 2 is 1.87 bits per heavy atom. The number of ether oxygens (including phenoxy) is 1. The Morgan fingerprint density at radius 3 is 2.48 bits per heavy atom.